The van der Waals surface area contributed by atoms with Crippen molar-refractivity contribution in [2.75, 3.05) is 0 Å². The fraction of sp³-hybridized carbons (Fsp3) is 1.00. The Morgan fingerprint density at radius 3 is 1.89 bits per heavy atom. The van der Waals surface area contributed by atoms with Gasteiger partial charge in [-0.15, -0.1) is 0 Å². The zero-order valence-electron chi connectivity index (χ0n) is 12.8. The van der Waals surface area contributed by atoms with Crippen molar-refractivity contribution in [1.82, 2.24) is 0 Å². The first-order valence-electron chi connectivity index (χ1n) is 8.81. The summed E-state index contributed by atoms with van der Waals surface area (Å²) in [6, 6.07) is 0. The van der Waals surface area contributed by atoms with Crippen LogP contribution < -0.4 is 0 Å². The van der Waals surface area contributed by atoms with Crippen LogP contribution in [0.4, 0.5) is 0 Å². The van der Waals surface area contributed by atoms with E-state index in [9.17, 15) is 0 Å². The fourth-order valence-corrected chi connectivity index (χ4v) is 4.65. The van der Waals surface area contributed by atoms with Crippen molar-refractivity contribution in [3.05, 3.63) is 0 Å². The second-order valence-electron chi connectivity index (χ2n) is 7.19. The lowest BCUT2D eigenvalue weighted by Gasteiger charge is -2.26. The van der Waals surface area contributed by atoms with Crippen molar-refractivity contribution in [1.29, 1.82) is 0 Å². The van der Waals surface area contributed by atoms with Crippen molar-refractivity contribution >= 4 is 0 Å². The highest BCUT2D eigenvalue weighted by Crippen LogP contribution is 2.39. The maximum absolute atomic E-state index is 2.54. The van der Waals surface area contributed by atoms with Crippen molar-refractivity contribution in [2.45, 2.75) is 90.9 Å². The Bertz CT molecular complexity index is 208. The summed E-state index contributed by atoms with van der Waals surface area (Å²) in [4.78, 5) is 0. The summed E-state index contributed by atoms with van der Waals surface area (Å²) in [7, 11) is 0. The van der Waals surface area contributed by atoms with Crippen LogP contribution in [-0.2, 0) is 0 Å². The van der Waals surface area contributed by atoms with Crippen LogP contribution in [-0.4, -0.2) is 0 Å². The van der Waals surface area contributed by atoms with Crippen LogP contribution in [0, 0.1) is 23.7 Å². The van der Waals surface area contributed by atoms with Gasteiger partial charge in [0, 0.05) is 0 Å². The largest absolute Gasteiger partial charge is 0.0654 e. The van der Waals surface area contributed by atoms with E-state index in [1.54, 1.807) is 12.8 Å². The first-order valence-corrected chi connectivity index (χ1v) is 8.81. The van der Waals surface area contributed by atoms with E-state index in [4.69, 9.17) is 0 Å². The first-order chi connectivity index (χ1) is 8.81. The van der Waals surface area contributed by atoms with E-state index in [0.29, 0.717) is 0 Å². The normalized spacial score (nSPS) is 25.7. The molecular weight excluding hydrogens is 216 g/mol. The molecule has 0 aromatic carbocycles. The number of hydrogen-bond acceptors (Lipinski definition) is 0. The van der Waals surface area contributed by atoms with Crippen LogP contribution >= 0.6 is 0 Å². The topological polar surface area (TPSA) is 0 Å². The van der Waals surface area contributed by atoms with Crippen molar-refractivity contribution < 1.29 is 0 Å². The molecule has 0 aromatic heterocycles. The van der Waals surface area contributed by atoms with E-state index in [1.807, 2.05) is 0 Å². The molecule has 0 N–H and O–H groups in total. The van der Waals surface area contributed by atoms with Crippen molar-refractivity contribution in [3.63, 3.8) is 0 Å². The molecule has 2 saturated carbocycles. The van der Waals surface area contributed by atoms with Gasteiger partial charge < -0.3 is 0 Å². The summed E-state index contributed by atoms with van der Waals surface area (Å²) in [5, 5.41) is 0. The molecule has 2 rings (SSSR count). The molecule has 0 nitrogen and oxygen atoms in total. The second-order valence-corrected chi connectivity index (χ2v) is 7.19. The van der Waals surface area contributed by atoms with E-state index in [-0.39, 0.29) is 0 Å². The van der Waals surface area contributed by atoms with Crippen LogP contribution in [0.5, 0.6) is 0 Å². The van der Waals surface area contributed by atoms with E-state index in [0.717, 1.165) is 23.7 Å². The minimum absolute atomic E-state index is 1.01. The zero-order chi connectivity index (χ0) is 12.8. The summed E-state index contributed by atoms with van der Waals surface area (Å²) >= 11 is 0. The summed E-state index contributed by atoms with van der Waals surface area (Å²) in [6.45, 7) is 4.91. The molecule has 0 heterocycles. The molecule has 0 aliphatic heterocycles. The third kappa shape index (κ3) is 4.00. The molecule has 106 valence electrons. The Hall–Kier alpha value is 0. The summed E-state index contributed by atoms with van der Waals surface area (Å²) in [5.41, 5.74) is 0. The van der Waals surface area contributed by atoms with Crippen LogP contribution in [0.2, 0.25) is 0 Å². The molecule has 2 fully saturated rings. The van der Waals surface area contributed by atoms with Gasteiger partial charge in [-0.05, 0) is 30.1 Å². The molecule has 2 aliphatic rings. The zero-order valence-corrected chi connectivity index (χ0v) is 12.8. The van der Waals surface area contributed by atoms with Crippen molar-refractivity contribution in [3.8, 4) is 0 Å². The van der Waals surface area contributed by atoms with Gasteiger partial charge in [-0.25, -0.2) is 0 Å². The smallest absolute Gasteiger partial charge is 0.0386 e. The van der Waals surface area contributed by atoms with Crippen LogP contribution in [0.3, 0.4) is 0 Å². The lowest BCUT2D eigenvalue weighted by Crippen LogP contribution is -2.15. The van der Waals surface area contributed by atoms with Crippen molar-refractivity contribution in [2.24, 2.45) is 23.7 Å². The lowest BCUT2D eigenvalue weighted by atomic mass is 9.79. The number of rotatable bonds is 7. The standard InChI is InChI=1S/C18H34/c1-3-8-17(18-11-6-7-12-18)14-13-15(2)16-9-4-5-10-16/h15-18H,3-14H2,1-2H3. The molecule has 18 heavy (non-hydrogen) atoms. The molecule has 0 amide bonds. The third-order valence-corrected chi connectivity index (χ3v) is 5.92. The number of hydrogen-bond donors (Lipinski definition) is 0. The molecule has 2 aliphatic carbocycles. The monoisotopic (exact) mass is 250 g/mol. The van der Waals surface area contributed by atoms with E-state index < -0.39 is 0 Å². The minimum Gasteiger partial charge on any atom is -0.0654 e. The first kappa shape index (κ1) is 14.4. The fourth-order valence-electron chi connectivity index (χ4n) is 4.65. The predicted molar refractivity (Wildman–Crippen MR) is 80.7 cm³/mol. The van der Waals surface area contributed by atoms with Gasteiger partial charge in [-0.1, -0.05) is 84.5 Å². The van der Waals surface area contributed by atoms with E-state index in [2.05, 4.69) is 13.8 Å². The molecule has 0 aromatic rings. The minimum atomic E-state index is 1.01. The Balaban J connectivity index is 1.73. The van der Waals surface area contributed by atoms with Gasteiger partial charge in [-0.2, -0.15) is 0 Å². The van der Waals surface area contributed by atoms with Gasteiger partial charge in [-0.3, -0.25) is 0 Å². The Labute approximate surface area is 115 Å². The van der Waals surface area contributed by atoms with Crippen LogP contribution in [0.15, 0.2) is 0 Å². The molecule has 0 heteroatoms. The third-order valence-electron chi connectivity index (χ3n) is 5.92. The second kappa shape index (κ2) is 7.56. The van der Waals surface area contributed by atoms with Gasteiger partial charge in [0.1, 0.15) is 0 Å². The summed E-state index contributed by atoms with van der Waals surface area (Å²) in [6.07, 6.45) is 18.2. The Kier molecular flexibility index (Phi) is 6.05. The molecule has 0 radical (unpaired) electrons. The molecule has 2 unspecified atom stereocenters. The quantitative estimate of drug-likeness (QED) is 0.504. The van der Waals surface area contributed by atoms with Gasteiger partial charge in [0.15, 0.2) is 0 Å². The van der Waals surface area contributed by atoms with Crippen LogP contribution in [0.1, 0.15) is 90.9 Å². The summed E-state index contributed by atoms with van der Waals surface area (Å²) in [5.74, 6) is 4.26. The molecule has 0 spiro atoms. The summed E-state index contributed by atoms with van der Waals surface area (Å²) < 4.78 is 0. The Morgan fingerprint density at radius 2 is 1.33 bits per heavy atom. The molecule has 2 atom stereocenters. The average molecular weight is 250 g/mol. The van der Waals surface area contributed by atoms with Gasteiger partial charge in [0.2, 0.25) is 0 Å². The van der Waals surface area contributed by atoms with Gasteiger partial charge in [0.05, 0.1) is 0 Å². The maximum Gasteiger partial charge on any atom is -0.0386 e. The lowest BCUT2D eigenvalue weighted by molar-refractivity contribution is 0.249. The average Bonchev–Trinajstić information content (AvgIpc) is 3.04. The predicted octanol–water partition coefficient (Wildman–Crippen LogP) is 6.20. The molecule has 0 saturated heterocycles. The highest BCUT2D eigenvalue weighted by molar-refractivity contribution is 4.78. The SMILES string of the molecule is CCCC(CCC(C)C1CCCC1)C1CCCC1. The van der Waals surface area contributed by atoms with E-state index >= 15 is 0 Å². The highest BCUT2D eigenvalue weighted by Gasteiger charge is 2.26. The van der Waals surface area contributed by atoms with Crippen LogP contribution in [0.25, 0.3) is 0 Å². The van der Waals surface area contributed by atoms with Gasteiger partial charge in [0.25, 0.3) is 0 Å². The maximum atomic E-state index is 2.54. The Morgan fingerprint density at radius 1 is 0.778 bits per heavy atom. The highest BCUT2D eigenvalue weighted by atomic mass is 14.3. The molecular formula is C18H34. The van der Waals surface area contributed by atoms with Gasteiger partial charge >= 0.3 is 0 Å². The van der Waals surface area contributed by atoms with E-state index in [1.165, 1.54) is 64.2 Å². The molecule has 0 bridgehead atoms.